The zero-order valence-electron chi connectivity index (χ0n) is 59.9. The van der Waals surface area contributed by atoms with Crippen molar-refractivity contribution in [3.8, 4) is 0 Å². The smallest absolute Gasteiger partial charge is 0.345 e. The first-order valence-electron chi connectivity index (χ1n) is 39.8. The predicted molar refractivity (Wildman–Crippen MR) is 385 cm³/mol. The van der Waals surface area contributed by atoms with E-state index in [2.05, 4.69) is 27.7 Å². The van der Waals surface area contributed by atoms with Gasteiger partial charge in [0, 0.05) is 13.7 Å². The van der Waals surface area contributed by atoms with Crippen LogP contribution in [0.1, 0.15) is 464 Å². The van der Waals surface area contributed by atoms with Crippen molar-refractivity contribution in [1.29, 1.82) is 0 Å². The molecule has 0 radical (unpaired) electrons. The van der Waals surface area contributed by atoms with E-state index in [-0.39, 0.29) is 38.8 Å². The van der Waals surface area contributed by atoms with E-state index in [0.717, 1.165) is 77.0 Å². The molecule has 0 atom stereocenters. The molecular weight excluding hydrogens is 1110 g/mol. The summed E-state index contributed by atoms with van der Waals surface area (Å²) in [6.07, 6.45) is 79.4. The molecule has 10 heteroatoms. The highest BCUT2D eigenvalue weighted by atomic mass is 31.2. The first kappa shape index (κ1) is 87.2. The average molecular weight is 1270 g/mol. The molecular formula is C77H159NO7P2. The summed E-state index contributed by atoms with van der Waals surface area (Å²) >= 11 is 0. The Hall–Kier alpha value is 0.220. The molecule has 0 bridgehead atoms. The minimum Gasteiger partial charge on any atom is -0.383 e. The summed E-state index contributed by atoms with van der Waals surface area (Å²) in [6.45, 7) is 9.40. The van der Waals surface area contributed by atoms with Crippen molar-refractivity contribution in [2.24, 2.45) is 0 Å². The molecule has 0 aliphatic rings. The lowest BCUT2D eigenvalue weighted by molar-refractivity contribution is -0.00389. The zero-order valence-corrected chi connectivity index (χ0v) is 61.6. The van der Waals surface area contributed by atoms with Crippen LogP contribution in [0.15, 0.2) is 0 Å². The molecule has 0 rings (SSSR count). The number of nitrogens with zero attached hydrogens (tertiary/aromatic N) is 1. The maximum absolute atomic E-state index is 14.8. The summed E-state index contributed by atoms with van der Waals surface area (Å²) in [5.74, 6) is 0. The molecule has 524 valence electrons. The molecule has 0 spiro atoms. The Morgan fingerprint density at radius 2 is 0.368 bits per heavy atom. The van der Waals surface area contributed by atoms with Crippen LogP contribution in [0.5, 0.6) is 0 Å². The highest BCUT2D eigenvalue weighted by Crippen LogP contribution is 2.67. The Balaban J connectivity index is 6.28. The van der Waals surface area contributed by atoms with Crippen molar-refractivity contribution in [1.82, 2.24) is 4.90 Å². The molecule has 0 aromatic carbocycles. The van der Waals surface area contributed by atoms with Crippen LogP contribution in [0.4, 0.5) is 0 Å². The van der Waals surface area contributed by atoms with E-state index < -0.39 is 25.8 Å². The third-order valence-corrected chi connectivity index (χ3v) is 23.9. The SMILES string of the molecule is CCCCCCCCCCCCCCCCCCC(CCCCCCCCCCCCCCCCCC)(N(CCOC)C(CCCCCCCCCCCCCCCCCC)(CCCCCCCCCCCCCCCCCC)P(=O)(O)O)P(=O)(O)O. The summed E-state index contributed by atoms with van der Waals surface area (Å²) in [7, 11) is -8.33. The number of hydrogen-bond donors (Lipinski definition) is 4. The molecule has 4 N–H and O–H groups in total. The highest BCUT2D eigenvalue weighted by molar-refractivity contribution is 7.54. The number of rotatable bonds is 75. The molecule has 0 amide bonds. The highest BCUT2D eigenvalue weighted by Gasteiger charge is 2.62. The Morgan fingerprint density at radius 3 is 0.483 bits per heavy atom. The fourth-order valence-corrected chi connectivity index (χ4v) is 17.6. The standard InChI is InChI=1S/C77H159NO7P2/c1-6-10-14-18-22-26-30-34-38-42-46-50-54-58-62-66-70-76(86(79,80)81,71-67-63-59-55-51-47-43-39-35-31-27-23-19-15-11-7-2)78(74-75-85-5)77(87(82,83)84,72-68-64-60-56-52-48-44-40-36-32-28-24-20-16-12-8-3)73-69-65-61-57-53-49-45-41-37-33-29-25-21-17-13-9-4/h6-75H2,1-5H3,(H2,79,80,81)(H2,82,83,84). The van der Waals surface area contributed by atoms with Gasteiger partial charge >= 0.3 is 15.2 Å². The summed E-state index contributed by atoms with van der Waals surface area (Å²) < 4.78 is 35.4. The van der Waals surface area contributed by atoms with Crippen molar-refractivity contribution >= 4 is 15.2 Å². The maximum atomic E-state index is 14.8. The van der Waals surface area contributed by atoms with Crippen LogP contribution in [0.2, 0.25) is 0 Å². The van der Waals surface area contributed by atoms with E-state index in [1.54, 1.807) is 12.0 Å². The van der Waals surface area contributed by atoms with E-state index in [1.807, 2.05) is 0 Å². The fourth-order valence-electron chi connectivity index (χ4n) is 14.5. The second kappa shape index (κ2) is 64.9. The van der Waals surface area contributed by atoms with Crippen LogP contribution >= 0.6 is 15.2 Å². The molecule has 0 heterocycles. The molecule has 8 nitrogen and oxygen atoms in total. The van der Waals surface area contributed by atoms with Gasteiger partial charge < -0.3 is 24.3 Å². The van der Waals surface area contributed by atoms with Gasteiger partial charge in [-0.25, -0.2) is 0 Å². The van der Waals surface area contributed by atoms with E-state index in [1.165, 1.54) is 308 Å². The van der Waals surface area contributed by atoms with Gasteiger partial charge in [0.15, 0.2) is 0 Å². The molecule has 0 aromatic heterocycles. The van der Waals surface area contributed by atoms with Crippen LogP contribution < -0.4 is 0 Å². The van der Waals surface area contributed by atoms with Crippen LogP contribution in [-0.2, 0) is 13.9 Å². The van der Waals surface area contributed by atoms with Crippen LogP contribution in [0.25, 0.3) is 0 Å². The van der Waals surface area contributed by atoms with Gasteiger partial charge in [0.2, 0.25) is 0 Å². The molecule has 0 fully saturated rings. The number of unbranched alkanes of at least 4 members (excludes halogenated alkanes) is 60. The second-order valence-corrected chi connectivity index (χ2v) is 32.3. The quantitative estimate of drug-likeness (QED) is 0.0350. The minimum absolute atomic E-state index is 0.0994. The Kier molecular flexibility index (Phi) is 65.1. The van der Waals surface area contributed by atoms with Gasteiger partial charge in [0.05, 0.1) is 6.61 Å². The van der Waals surface area contributed by atoms with Gasteiger partial charge in [0.1, 0.15) is 10.6 Å². The van der Waals surface area contributed by atoms with Crippen molar-refractivity contribution in [2.75, 3.05) is 20.3 Å². The van der Waals surface area contributed by atoms with E-state index in [4.69, 9.17) is 4.74 Å². The Bertz CT molecular complexity index is 1280. The molecule has 0 unspecified atom stereocenters. The molecule has 0 saturated heterocycles. The first-order chi connectivity index (χ1) is 42.4. The lowest BCUT2D eigenvalue weighted by Crippen LogP contribution is -2.61. The third-order valence-electron chi connectivity index (χ3n) is 20.3. The van der Waals surface area contributed by atoms with Gasteiger partial charge in [-0.3, -0.25) is 14.0 Å². The van der Waals surface area contributed by atoms with Crippen LogP contribution in [-0.4, -0.2) is 55.3 Å². The Morgan fingerprint density at radius 1 is 0.241 bits per heavy atom. The minimum atomic E-state index is -4.97. The lowest BCUT2D eigenvalue weighted by atomic mass is 9.92. The van der Waals surface area contributed by atoms with Gasteiger partial charge in [0.25, 0.3) is 0 Å². The molecule has 0 aliphatic heterocycles. The van der Waals surface area contributed by atoms with E-state index in [9.17, 15) is 28.7 Å². The molecule has 87 heavy (non-hydrogen) atoms. The normalized spacial score (nSPS) is 12.7. The summed E-state index contributed by atoms with van der Waals surface area (Å²) in [5.41, 5.74) is 0. The summed E-state index contributed by atoms with van der Waals surface area (Å²) in [6, 6.07) is 0. The molecule has 0 aromatic rings. The largest absolute Gasteiger partial charge is 0.383 e. The number of methoxy groups -OCH3 is 1. The van der Waals surface area contributed by atoms with Crippen molar-refractivity contribution in [3.63, 3.8) is 0 Å². The van der Waals surface area contributed by atoms with Crippen molar-refractivity contribution in [3.05, 3.63) is 0 Å². The molecule has 0 aliphatic carbocycles. The fraction of sp³-hybridized carbons (Fsp3) is 1.00. The summed E-state index contributed by atoms with van der Waals surface area (Å²) in [5, 5.41) is -3.36. The third kappa shape index (κ3) is 50.3. The first-order valence-corrected chi connectivity index (χ1v) is 43.0. The number of hydrogen-bond acceptors (Lipinski definition) is 4. The second-order valence-electron chi connectivity index (χ2n) is 28.4. The van der Waals surface area contributed by atoms with Gasteiger partial charge in [-0.2, -0.15) is 0 Å². The summed E-state index contributed by atoms with van der Waals surface area (Å²) in [4.78, 5) is 50.1. The number of ether oxygens (including phenoxy) is 1. The zero-order chi connectivity index (χ0) is 63.8. The van der Waals surface area contributed by atoms with E-state index in [0.29, 0.717) is 25.7 Å². The average Bonchev–Trinajstić information content (AvgIpc) is 0.989. The van der Waals surface area contributed by atoms with Crippen LogP contribution in [0.3, 0.4) is 0 Å². The van der Waals surface area contributed by atoms with Gasteiger partial charge in [-0.1, -0.05) is 439 Å². The maximum Gasteiger partial charge on any atom is 0.345 e. The Labute approximate surface area is 545 Å². The van der Waals surface area contributed by atoms with Gasteiger partial charge in [-0.05, 0) is 25.7 Å². The topological polar surface area (TPSA) is 128 Å². The monoisotopic (exact) mass is 1270 g/mol. The van der Waals surface area contributed by atoms with Crippen molar-refractivity contribution in [2.45, 2.75) is 475 Å². The van der Waals surface area contributed by atoms with Crippen LogP contribution in [0, 0.1) is 0 Å². The van der Waals surface area contributed by atoms with E-state index >= 15 is 0 Å². The molecule has 0 saturated carbocycles. The predicted octanol–water partition coefficient (Wildman–Crippen LogP) is 27.3. The van der Waals surface area contributed by atoms with Gasteiger partial charge in [-0.15, -0.1) is 0 Å². The van der Waals surface area contributed by atoms with Crippen molar-refractivity contribution < 1.29 is 33.4 Å². The lowest BCUT2D eigenvalue weighted by Gasteiger charge is -2.54.